The minimum absolute atomic E-state index is 0.234. The molecular weight excluding hydrogens is 488 g/mol. The van der Waals surface area contributed by atoms with Gasteiger partial charge in [-0.25, -0.2) is 0 Å². The van der Waals surface area contributed by atoms with E-state index in [9.17, 15) is 14.4 Å². The number of ketones is 1. The number of esters is 1. The molecule has 0 saturated heterocycles. The quantitative estimate of drug-likeness (QED) is 0.203. The van der Waals surface area contributed by atoms with Gasteiger partial charge < -0.3 is 9.84 Å². The molecule has 0 amide bonds. The van der Waals surface area contributed by atoms with Gasteiger partial charge in [0.1, 0.15) is 0 Å². The van der Waals surface area contributed by atoms with Crippen molar-refractivity contribution in [1.82, 2.24) is 0 Å². The van der Waals surface area contributed by atoms with Crippen molar-refractivity contribution in [2.24, 2.45) is 5.41 Å². The number of allylic oxidation sites excluding steroid dienone is 17. The fraction of sp³-hybridized carbons (Fsp3) is 0.382. The van der Waals surface area contributed by atoms with Crippen LogP contribution in [0.2, 0.25) is 0 Å². The average Bonchev–Trinajstić information content (AvgIpc) is 2.83. The Morgan fingerprint density at radius 1 is 0.846 bits per heavy atom. The first-order chi connectivity index (χ1) is 18.2. The summed E-state index contributed by atoms with van der Waals surface area (Å²) in [5.41, 5.74) is 5.67. The molecule has 1 rings (SSSR count). The molecule has 0 saturated carbocycles. The second-order valence-corrected chi connectivity index (χ2v) is 10.8. The van der Waals surface area contributed by atoms with Crippen molar-refractivity contribution in [3.63, 3.8) is 0 Å². The fourth-order valence-corrected chi connectivity index (χ4v) is 3.96. The first kappa shape index (κ1) is 33.3. The number of hydrogen-bond acceptors (Lipinski definition) is 4. The molecule has 210 valence electrons. The lowest BCUT2D eigenvalue weighted by atomic mass is 9.71. The van der Waals surface area contributed by atoms with E-state index in [1.807, 2.05) is 82.4 Å². The summed E-state index contributed by atoms with van der Waals surface area (Å²) in [6.07, 6.45) is 23.2. The van der Waals surface area contributed by atoms with Gasteiger partial charge in [0.25, 0.3) is 0 Å². The largest absolute Gasteiger partial charge is 0.481 e. The Labute approximate surface area is 234 Å². The summed E-state index contributed by atoms with van der Waals surface area (Å²) in [6, 6.07) is 0. The van der Waals surface area contributed by atoms with Crippen LogP contribution >= 0.6 is 0 Å². The Bertz CT molecular complexity index is 1190. The van der Waals surface area contributed by atoms with Crippen LogP contribution in [-0.4, -0.2) is 28.9 Å². The minimum atomic E-state index is -1.07. The first-order valence-electron chi connectivity index (χ1n) is 13.3. The van der Waals surface area contributed by atoms with Gasteiger partial charge in [-0.1, -0.05) is 109 Å². The van der Waals surface area contributed by atoms with E-state index in [1.54, 1.807) is 6.92 Å². The maximum Gasteiger partial charge on any atom is 0.307 e. The highest BCUT2D eigenvalue weighted by molar-refractivity contribution is 6.01. The van der Waals surface area contributed by atoms with E-state index in [4.69, 9.17) is 9.84 Å². The number of hydrogen-bond donors (Lipinski definition) is 1. The topological polar surface area (TPSA) is 80.7 Å². The summed E-state index contributed by atoms with van der Waals surface area (Å²) in [7, 11) is 0. The number of Topliss-reactive ketones (excluding diaryl/α,β-unsaturated/α-hetero) is 1. The molecule has 0 aromatic rings. The van der Waals surface area contributed by atoms with Crippen LogP contribution in [0, 0.1) is 5.41 Å². The van der Waals surface area contributed by atoms with Crippen molar-refractivity contribution in [1.29, 1.82) is 0 Å². The predicted molar refractivity (Wildman–Crippen MR) is 160 cm³/mol. The Hall–Kier alpha value is -3.73. The molecule has 0 aromatic heterocycles. The van der Waals surface area contributed by atoms with E-state index in [1.165, 1.54) is 11.1 Å². The predicted octanol–water partition coefficient (Wildman–Crippen LogP) is 8.11. The van der Waals surface area contributed by atoms with Crippen LogP contribution in [0.4, 0.5) is 0 Å². The summed E-state index contributed by atoms with van der Waals surface area (Å²) in [5, 5.41) is 8.75. The number of carbonyl (C=O) groups excluding carboxylic acids is 2. The van der Waals surface area contributed by atoms with E-state index < -0.39 is 18.0 Å². The maximum absolute atomic E-state index is 12.9. The SMILES string of the molecule is CC(C)=CC=CC(C)=CC=CC=C(C)C=CC=C(C)C=CC1=C(C)C(=O)C(OC(=O)CCC(=O)O)CC1(C)C. The third-order valence-electron chi connectivity index (χ3n) is 6.16. The number of ether oxygens (including phenoxy) is 1. The van der Waals surface area contributed by atoms with Gasteiger partial charge in [0, 0.05) is 6.42 Å². The maximum atomic E-state index is 12.9. The highest BCUT2D eigenvalue weighted by Crippen LogP contribution is 2.40. The van der Waals surface area contributed by atoms with E-state index in [0.29, 0.717) is 12.0 Å². The van der Waals surface area contributed by atoms with E-state index in [-0.39, 0.29) is 24.0 Å². The third kappa shape index (κ3) is 13.1. The molecule has 0 aromatic carbocycles. The summed E-state index contributed by atoms with van der Waals surface area (Å²) in [5.74, 6) is -1.97. The number of carboxylic acid groups (broad SMARTS) is 1. The second kappa shape index (κ2) is 16.3. The van der Waals surface area contributed by atoms with Gasteiger partial charge in [0.05, 0.1) is 12.8 Å². The molecule has 1 N–H and O–H groups in total. The monoisotopic (exact) mass is 532 g/mol. The van der Waals surface area contributed by atoms with Crippen molar-refractivity contribution in [2.75, 3.05) is 0 Å². The van der Waals surface area contributed by atoms with E-state index in [0.717, 1.165) is 16.7 Å². The van der Waals surface area contributed by atoms with Gasteiger partial charge in [-0.15, -0.1) is 0 Å². The van der Waals surface area contributed by atoms with E-state index >= 15 is 0 Å². The number of aliphatic carboxylic acids is 1. The van der Waals surface area contributed by atoms with E-state index in [2.05, 4.69) is 39.0 Å². The Morgan fingerprint density at radius 3 is 1.90 bits per heavy atom. The molecule has 0 bridgehead atoms. The lowest BCUT2D eigenvalue weighted by Gasteiger charge is -2.36. The van der Waals surface area contributed by atoms with Gasteiger partial charge in [0.2, 0.25) is 0 Å². The normalized spacial score (nSPS) is 19.1. The molecule has 1 aliphatic rings. The molecule has 39 heavy (non-hydrogen) atoms. The van der Waals surface area contributed by atoms with Crippen molar-refractivity contribution in [3.8, 4) is 0 Å². The fourth-order valence-electron chi connectivity index (χ4n) is 3.96. The molecule has 0 fully saturated rings. The zero-order valence-corrected chi connectivity index (χ0v) is 24.7. The number of carbonyl (C=O) groups is 3. The molecule has 0 spiro atoms. The summed E-state index contributed by atoms with van der Waals surface area (Å²) in [6.45, 7) is 16.0. The molecule has 1 aliphatic carbocycles. The van der Waals surface area contributed by atoms with Crippen LogP contribution in [0.5, 0.6) is 0 Å². The highest BCUT2D eigenvalue weighted by atomic mass is 16.5. The summed E-state index contributed by atoms with van der Waals surface area (Å²) in [4.78, 5) is 35.5. The van der Waals surface area contributed by atoms with Gasteiger partial charge in [0.15, 0.2) is 11.9 Å². The van der Waals surface area contributed by atoms with Crippen LogP contribution in [0.25, 0.3) is 0 Å². The standard InChI is InChI=1S/C34H44O5/c1-24(2)13-11-16-25(3)14-9-10-15-26(4)17-12-18-27(5)19-20-29-28(6)33(38)30(23-34(29,7)8)39-32(37)22-21-31(35)36/h9-20,30H,21-23H2,1-8H3,(H,35,36). The number of rotatable bonds is 12. The zero-order valence-electron chi connectivity index (χ0n) is 24.7. The summed E-state index contributed by atoms with van der Waals surface area (Å²) < 4.78 is 5.33. The Morgan fingerprint density at radius 2 is 1.36 bits per heavy atom. The van der Waals surface area contributed by atoms with Crippen LogP contribution in [0.15, 0.2) is 106 Å². The molecule has 0 radical (unpaired) electrons. The second-order valence-electron chi connectivity index (χ2n) is 10.8. The van der Waals surface area contributed by atoms with Crippen LogP contribution in [-0.2, 0) is 19.1 Å². The molecule has 1 atom stereocenters. The van der Waals surface area contributed by atoms with Crippen LogP contribution < -0.4 is 0 Å². The van der Waals surface area contributed by atoms with Crippen LogP contribution in [0.1, 0.15) is 74.7 Å². The highest BCUT2D eigenvalue weighted by Gasteiger charge is 2.39. The Balaban J connectivity index is 2.83. The smallest absolute Gasteiger partial charge is 0.307 e. The molecule has 0 aliphatic heterocycles. The van der Waals surface area contributed by atoms with Crippen molar-refractivity contribution >= 4 is 17.7 Å². The van der Waals surface area contributed by atoms with Gasteiger partial charge >= 0.3 is 11.9 Å². The lowest BCUT2D eigenvalue weighted by Crippen LogP contribution is -2.39. The molecule has 5 heteroatoms. The zero-order chi connectivity index (χ0) is 29.6. The van der Waals surface area contributed by atoms with Crippen LogP contribution in [0.3, 0.4) is 0 Å². The van der Waals surface area contributed by atoms with Gasteiger partial charge in [-0.05, 0) is 58.1 Å². The van der Waals surface area contributed by atoms with Gasteiger partial charge in [-0.2, -0.15) is 0 Å². The molecule has 0 heterocycles. The Kier molecular flexibility index (Phi) is 13.9. The minimum Gasteiger partial charge on any atom is -0.481 e. The first-order valence-corrected chi connectivity index (χ1v) is 13.3. The lowest BCUT2D eigenvalue weighted by molar-refractivity contribution is -0.157. The molecular formula is C34H44O5. The third-order valence-corrected chi connectivity index (χ3v) is 6.16. The van der Waals surface area contributed by atoms with Crippen molar-refractivity contribution in [3.05, 3.63) is 106 Å². The summed E-state index contributed by atoms with van der Waals surface area (Å²) >= 11 is 0. The molecule has 5 nitrogen and oxygen atoms in total. The van der Waals surface area contributed by atoms with Crippen molar-refractivity contribution in [2.45, 2.75) is 80.8 Å². The van der Waals surface area contributed by atoms with Gasteiger partial charge in [-0.3, -0.25) is 14.4 Å². The average molecular weight is 533 g/mol. The number of carboxylic acids is 1. The van der Waals surface area contributed by atoms with Crippen molar-refractivity contribution < 1.29 is 24.2 Å². The molecule has 1 unspecified atom stereocenters.